The highest BCUT2D eigenvalue weighted by molar-refractivity contribution is 5.94. The van der Waals surface area contributed by atoms with E-state index >= 15 is 0 Å². The zero-order chi connectivity index (χ0) is 16.7. The second kappa shape index (κ2) is 7.78. The normalized spacial score (nSPS) is 9.36. The van der Waals surface area contributed by atoms with Gasteiger partial charge in [-0.05, 0) is 25.3 Å². The smallest absolute Gasteiger partial charge is 0.338 e. The van der Waals surface area contributed by atoms with Gasteiger partial charge in [0.15, 0.2) is 0 Å². The van der Waals surface area contributed by atoms with E-state index in [0.29, 0.717) is 11.3 Å². The van der Waals surface area contributed by atoms with Crippen molar-refractivity contribution in [3.05, 3.63) is 66.8 Å². The zero-order valence-electron chi connectivity index (χ0n) is 12.6. The van der Waals surface area contributed by atoms with Crippen LogP contribution in [0.15, 0.2) is 66.8 Å². The predicted octanol–water partition coefficient (Wildman–Crippen LogP) is 3.97. The highest BCUT2D eigenvalue weighted by atomic mass is 16.5. The van der Waals surface area contributed by atoms with Crippen molar-refractivity contribution in [2.75, 3.05) is 0 Å². The summed E-state index contributed by atoms with van der Waals surface area (Å²) in [5.41, 5.74) is 0.572. The predicted molar refractivity (Wildman–Crippen MR) is 86.8 cm³/mol. The van der Waals surface area contributed by atoms with E-state index in [1.807, 2.05) is 36.4 Å². The summed E-state index contributed by atoms with van der Waals surface area (Å²) >= 11 is 0. The number of carboxylic acids is 1. The Bertz CT molecular complexity index is 711. The number of carboxylic acid groups (broad SMARTS) is 1. The molecule has 0 amide bonds. The van der Waals surface area contributed by atoms with Crippen molar-refractivity contribution in [1.29, 1.82) is 0 Å². The Hall–Kier alpha value is -2.88. The minimum Gasteiger partial charge on any atom is -0.478 e. The number of hydrogen-bond donors (Lipinski definition) is 1. The Morgan fingerprint density at radius 2 is 1.50 bits per heavy atom. The van der Waals surface area contributed by atoms with Gasteiger partial charge in [-0.15, -0.1) is 0 Å². The lowest BCUT2D eigenvalue weighted by Gasteiger charge is -2.06. The number of fused-ring (bicyclic) bond motifs is 1. The molecular weight excluding hydrogens is 280 g/mol. The average Bonchev–Trinajstić information content (AvgIpc) is 2.48. The fourth-order valence-electron chi connectivity index (χ4n) is 1.47. The number of aliphatic carboxylic acids is 1. The van der Waals surface area contributed by atoms with Gasteiger partial charge in [0.25, 0.3) is 0 Å². The van der Waals surface area contributed by atoms with E-state index < -0.39 is 11.9 Å². The average molecular weight is 298 g/mol. The molecule has 0 aliphatic carbocycles. The Kier molecular flexibility index (Phi) is 6.08. The van der Waals surface area contributed by atoms with E-state index in [1.165, 1.54) is 6.92 Å². The van der Waals surface area contributed by atoms with Gasteiger partial charge in [-0.3, -0.25) is 0 Å². The van der Waals surface area contributed by atoms with E-state index in [2.05, 4.69) is 13.2 Å². The summed E-state index contributed by atoms with van der Waals surface area (Å²) in [6.07, 6.45) is 0. The molecular formula is C18H18O4. The number of carbonyl (C=O) groups excluding carboxylic acids is 1. The van der Waals surface area contributed by atoms with Crippen molar-refractivity contribution in [3.8, 4) is 5.75 Å². The molecule has 0 atom stereocenters. The number of ether oxygens (including phenoxy) is 1. The van der Waals surface area contributed by atoms with Gasteiger partial charge >= 0.3 is 11.9 Å². The maximum absolute atomic E-state index is 11.4. The van der Waals surface area contributed by atoms with Gasteiger partial charge in [0.2, 0.25) is 0 Å². The third kappa shape index (κ3) is 4.90. The Morgan fingerprint density at radius 1 is 0.955 bits per heavy atom. The van der Waals surface area contributed by atoms with Crippen LogP contribution in [0.5, 0.6) is 5.75 Å². The topological polar surface area (TPSA) is 63.6 Å². The molecule has 0 aliphatic rings. The second-order valence-electron chi connectivity index (χ2n) is 4.73. The van der Waals surface area contributed by atoms with Crippen LogP contribution in [0.2, 0.25) is 0 Å². The van der Waals surface area contributed by atoms with E-state index in [9.17, 15) is 9.59 Å². The molecule has 2 aromatic rings. The molecule has 0 fully saturated rings. The quantitative estimate of drug-likeness (QED) is 0.529. The molecule has 0 unspecified atom stereocenters. The molecule has 0 saturated carbocycles. The molecule has 0 spiro atoms. The van der Waals surface area contributed by atoms with Gasteiger partial charge in [0, 0.05) is 16.5 Å². The van der Waals surface area contributed by atoms with Gasteiger partial charge < -0.3 is 9.84 Å². The first kappa shape index (κ1) is 17.2. The van der Waals surface area contributed by atoms with Crippen LogP contribution in [0.1, 0.15) is 13.8 Å². The van der Waals surface area contributed by atoms with Crippen LogP contribution in [-0.4, -0.2) is 17.0 Å². The number of esters is 1. The van der Waals surface area contributed by atoms with Crippen molar-refractivity contribution in [2.24, 2.45) is 0 Å². The van der Waals surface area contributed by atoms with E-state index in [0.717, 1.165) is 10.8 Å². The molecule has 0 aliphatic heterocycles. The van der Waals surface area contributed by atoms with Crippen LogP contribution >= 0.6 is 0 Å². The number of rotatable bonds is 3. The summed E-state index contributed by atoms with van der Waals surface area (Å²) in [5.74, 6) is -0.752. The minimum atomic E-state index is -0.935. The van der Waals surface area contributed by atoms with Gasteiger partial charge in [-0.1, -0.05) is 49.6 Å². The van der Waals surface area contributed by atoms with Crippen molar-refractivity contribution in [3.63, 3.8) is 0 Å². The molecule has 114 valence electrons. The van der Waals surface area contributed by atoms with Crippen LogP contribution in [0.3, 0.4) is 0 Å². The summed E-state index contributed by atoms with van der Waals surface area (Å²) in [7, 11) is 0. The molecule has 22 heavy (non-hydrogen) atoms. The Morgan fingerprint density at radius 3 is 2.05 bits per heavy atom. The Balaban J connectivity index is 0.000000346. The first-order valence-electron chi connectivity index (χ1n) is 6.57. The van der Waals surface area contributed by atoms with Crippen LogP contribution in [-0.2, 0) is 9.59 Å². The molecule has 0 radical (unpaired) electrons. The largest absolute Gasteiger partial charge is 0.478 e. The maximum atomic E-state index is 11.4. The van der Waals surface area contributed by atoms with Crippen LogP contribution < -0.4 is 4.74 Å². The Labute approximate surface area is 129 Å². The van der Waals surface area contributed by atoms with Crippen LogP contribution in [0.4, 0.5) is 0 Å². The second-order valence-corrected chi connectivity index (χ2v) is 4.73. The lowest BCUT2D eigenvalue weighted by atomic mass is 10.1. The number of carbonyl (C=O) groups is 2. The molecule has 0 heterocycles. The summed E-state index contributed by atoms with van der Waals surface area (Å²) in [5, 5.41) is 9.87. The molecule has 0 bridgehead atoms. The summed E-state index contributed by atoms with van der Waals surface area (Å²) in [4.78, 5) is 21.0. The van der Waals surface area contributed by atoms with Crippen molar-refractivity contribution in [1.82, 2.24) is 0 Å². The molecule has 0 aromatic heterocycles. The number of benzene rings is 2. The molecule has 0 saturated heterocycles. The highest BCUT2D eigenvalue weighted by Gasteiger charge is 2.07. The third-order valence-electron chi connectivity index (χ3n) is 2.67. The number of hydrogen-bond acceptors (Lipinski definition) is 3. The first-order chi connectivity index (χ1) is 10.3. The van der Waals surface area contributed by atoms with Crippen molar-refractivity contribution >= 4 is 22.7 Å². The lowest BCUT2D eigenvalue weighted by Crippen LogP contribution is -2.08. The lowest BCUT2D eigenvalue weighted by molar-refractivity contribution is -0.132. The van der Waals surface area contributed by atoms with Crippen molar-refractivity contribution in [2.45, 2.75) is 13.8 Å². The molecule has 4 nitrogen and oxygen atoms in total. The van der Waals surface area contributed by atoms with E-state index in [4.69, 9.17) is 9.84 Å². The molecule has 2 aromatic carbocycles. The molecule has 2 rings (SSSR count). The summed E-state index contributed by atoms with van der Waals surface area (Å²) in [6, 6.07) is 13.4. The molecule has 1 N–H and O–H groups in total. The monoisotopic (exact) mass is 298 g/mol. The van der Waals surface area contributed by atoms with Crippen LogP contribution in [0, 0.1) is 0 Å². The van der Waals surface area contributed by atoms with E-state index in [1.54, 1.807) is 13.0 Å². The standard InChI is InChI=1S/C14H12O2.C4H6O2/c1-10(2)14(15)16-13-9-5-7-11-6-3-4-8-12(11)13;1-3(2)4(5)6/h3-9H,1H2,2H3;1H2,2H3,(H,5,6). The van der Waals surface area contributed by atoms with Gasteiger partial charge in [-0.25, -0.2) is 9.59 Å². The van der Waals surface area contributed by atoms with E-state index in [-0.39, 0.29) is 5.57 Å². The summed E-state index contributed by atoms with van der Waals surface area (Å²) in [6.45, 7) is 9.79. The fraction of sp³-hybridized carbons (Fsp3) is 0.111. The fourth-order valence-corrected chi connectivity index (χ4v) is 1.47. The summed E-state index contributed by atoms with van der Waals surface area (Å²) < 4.78 is 5.25. The maximum Gasteiger partial charge on any atom is 0.338 e. The first-order valence-corrected chi connectivity index (χ1v) is 6.57. The van der Waals surface area contributed by atoms with Gasteiger partial charge in [0.05, 0.1) is 0 Å². The molecule has 4 heteroatoms. The highest BCUT2D eigenvalue weighted by Crippen LogP contribution is 2.25. The van der Waals surface area contributed by atoms with Crippen LogP contribution in [0.25, 0.3) is 10.8 Å². The van der Waals surface area contributed by atoms with Gasteiger partial charge in [0.1, 0.15) is 5.75 Å². The SMILES string of the molecule is C=C(C)C(=O)O.C=C(C)C(=O)Oc1cccc2ccccc12. The van der Waals surface area contributed by atoms with Crippen molar-refractivity contribution < 1.29 is 19.4 Å². The minimum absolute atomic E-state index is 0.176. The zero-order valence-corrected chi connectivity index (χ0v) is 12.6. The van der Waals surface area contributed by atoms with Gasteiger partial charge in [-0.2, -0.15) is 0 Å². The third-order valence-corrected chi connectivity index (χ3v) is 2.67.